The molecule has 0 aliphatic heterocycles. The van der Waals surface area contributed by atoms with Crippen LogP contribution in [0.4, 0.5) is 5.13 Å². The van der Waals surface area contributed by atoms with E-state index in [0.717, 1.165) is 25.9 Å². The summed E-state index contributed by atoms with van der Waals surface area (Å²) >= 11 is 2.88. The number of nitrogens with one attached hydrogen (secondary N) is 2. The number of fused-ring (bicyclic) bond motifs is 1. The van der Waals surface area contributed by atoms with Gasteiger partial charge in [0.05, 0.1) is 4.90 Å². The molecule has 112 valence electrons. The summed E-state index contributed by atoms with van der Waals surface area (Å²) in [5, 5.41) is 13.5. The van der Waals surface area contributed by atoms with Gasteiger partial charge in [0.1, 0.15) is 0 Å². The molecule has 2 N–H and O–H groups in total. The van der Waals surface area contributed by atoms with Gasteiger partial charge in [0.15, 0.2) is 4.34 Å². The molecule has 0 atom stereocenters. The van der Waals surface area contributed by atoms with E-state index in [2.05, 4.69) is 20.5 Å². The average Bonchev–Trinajstić information content (AvgIpc) is 3.21. The Balaban J connectivity index is 1.68. The number of nitrogens with zero attached hydrogens (tertiary/aromatic N) is 2. The van der Waals surface area contributed by atoms with Gasteiger partial charge in [0, 0.05) is 16.9 Å². The van der Waals surface area contributed by atoms with Crippen LogP contribution in [0.3, 0.4) is 0 Å². The molecule has 1 aliphatic carbocycles. The molecule has 1 aromatic carbocycles. The molecule has 0 unspecified atom stereocenters. The van der Waals surface area contributed by atoms with Crippen LogP contribution in [0, 0.1) is 6.92 Å². The van der Waals surface area contributed by atoms with Gasteiger partial charge in [-0.25, -0.2) is 0 Å². The van der Waals surface area contributed by atoms with Crippen molar-refractivity contribution in [2.24, 2.45) is 0 Å². The van der Waals surface area contributed by atoms with Crippen LogP contribution in [0.25, 0.3) is 10.9 Å². The van der Waals surface area contributed by atoms with Crippen molar-refractivity contribution in [3.63, 3.8) is 0 Å². The quantitative estimate of drug-likeness (QED) is 0.767. The Morgan fingerprint density at radius 2 is 2.14 bits per heavy atom. The van der Waals surface area contributed by atoms with Crippen LogP contribution in [-0.2, 0) is 0 Å². The predicted octanol–water partition coefficient (Wildman–Crippen LogP) is 3.41. The maximum absolute atomic E-state index is 12.3. The molecule has 1 fully saturated rings. The van der Waals surface area contributed by atoms with E-state index in [1.54, 1.807) is 0 Å². The fourth-order valence-corrected chi connectivity index (χ4v) is 4.18. The number of anilines is 1. The standard InChI is InChI=1S/C15H14N4OS2/c1-8-10-4-2-3-5-11(10)17-13(20)12(8)21-15-19-18-14(22-15)16-9-6-7-9/h2-5,9H,6-7H2,1H3,(H,16,18)(H,17,20). The van der Waals surface area contributed by atoms with Crippen LogP contribution < -0.4 is 10.9 Å². The number of aryl methyl sites for hydroxylation is 1. The third-order valence-electron chi connectivity index (χ3n) is 3.63. The topological polar surface area (TPSA) is 70.7 Å². The van der Waals surface area contributed by atoms with Crippen molar-refractivity contribution in [3.05, 3.63) is 40.2 Å². The van der Waals surface area contributed by atoms with Crippen molar-refractivity contribution in [3.8, 4) is 0 Å². The number of aromatic nitrogens is 3. The lowest BCUT2D eigenvalue weighted by atomic mass is 10.1. The highest BCUT2D eigenvalue weighted by atomic mass is 32.2. The highest BCUT2D eigenvalue weighted by Crippen LogP contribution is 2.35. The molecule has 2 heterocycles. The van der Waals surface area contributed by atoms with Gasteiger partial charge >= 0.3 is 0 Å². The van der Waals surface area contributed by atoms with Crippen molar-refractivity contribution in [2.45, 2.75) is 35.0 Å². The highest BCUT2D eigenvalue weighted by molar-refractivity contribution is 8.01. The van der Waals surface area contributed by atoms with E-state index < -0.39 is 0 Å². The molecular formula is C15H14N4OS2. The van der Waals surface area contributed by atoms with Gasteiger partial charge < -0.3 is 10.3 Å². The number of pyridine rings is 1. The average molecular weight is 330 g/mol. The molecular weight excluding hydrogens is 316 g/mol. The summed E-state index contributed by atoms with van der Waals surface area (Å²) in [6.45, 7) is 1.98. The van der Waals surface area contributed by atoms with Gasteiger partial charge in [-0.2, -0.15) is 0 Å². The Morgan fingerprint density at radius 3 is 2.95 bits per heavy atom. The summed E-state index contributed by atoms with van der Waals surface area (Å²) in [5.74, 6) is 0. The third kappa shape index (κ3) is 2.62. The minimum absolute atomic E-state index is 0.0758. The van der Waals surface area contributed by atoms with E-state index in [-0.39, 0.29) is 5.56 Å². The second-order valence-electron chi connectivity index (χ2n) is 5.35. The lowest BCUT2D eigenvalue weighted by Gasteiger charge is -2.06. The maximum Gasteiger partial charge on any atom is 0.262 e. The number of hydrogen-bond acceptors (Lipinski definition) is 6. The first-order valence-electron chi connectivity index (χ1n) is 7.10. The van der Waals surface area contributed by atoms with E-state index >= 15 is 0 Å². The van der Waals surface area contributed by atoms with E-state index in [1.807, 2.05) is 31.2 Å². The van der Waals surface area contributed by atoms with Crippen molar-refractivity contribution in [1.29, 1.82) is 0 Å². The van der Waals surface area contributed by atoms with Crippen molar-refractivity contribution < 1.29 is 0 Å². The monoisotopic (exact) mass is 330 g/mol. The van der Waals surface area contributed by atoms with Crippen LogP contribution in [0.15, 0.2) is 38.3 Å². The van der Waals surface area contributed by atoms with Crippen molar-refractivity contribution in [1.82, 2.24) is 15.2 Å². The van der Waals surface area contributed by atoms with Gasteiger partial charge in [0.2, 0.25) is 5.13 Å². The van der Waals surface area contributed by atoms with Gasteiger partial charge in [-0.05, 0) is 31.4 Å². The van der Waals surface area contributed by atoms with Crippen LogP contribution in [-0.4, -0.2) is 21.2 Å². The molecule has 0 bridgehead atoms. The van der Waals surface area contributed by atoms with Gasteiger partial charge in [-0.1, -0.05) is 41.3 Å². The molecule has 0 spiro atoms. The molecule has 0 amide bonds. The molecule has 5 nitrogen and oxygen atoms in total. The fourth-order valence-electron chi connectivity index (χ4n) is 2.31. The molecule has 4 rings (SSSR count). The van der Waals surface area contributed by atoms with Crippen molar-refractivity contribution in [2.75, 3.05) is 5.32 Å². The number of benzene rings is 1. The Hall–Kier alpha value is -1.86. The molecule has 3 aromatic rings. The zero-order valence-corrected chi connectivity index (χ0v) is 13.6. The minimum Gasteiger partial charge on any atom is -0.357 e. The fraction of sp³-hybridized carbons (Fsp3) is 0.267. The molecule has 22 heavy (non-hydrogen) atoms. The lowest BCUT2D eigenvalue weighted by Crippen LogP contribution is -2.10. The van der Waals surface area contributed by atoms with E-state index in [9.17, 15) is 4.79 Å². The molecule has 1 aliphatic rings. The second kappa shape index (κ2) is 5.40. The molecule has 0 radical (unpaired) electrons. The van der Waals surface area contributed by atoms with Crippen LogP contribution in [0.2, 0.25) is 0 Å². The summed E-state index contributed by atoms with van der Waals surface area (Å²) in [5.41, 5.74) is 1.77. The number of para-hydroxylation sites is 1. The van der Waals surface area contributed by atoms with E-state index in [1.165, 1.54) is 35.9 Å². The largest absolute Gasteiger partial charge is 0.357 e. The Bertz CT molecular complexity index is 898. The Labute approximate surface area is 135 Å². The zero-order valence-electron chi connectivity index (χ0n) is 11.9. The Kier molecular flexibility index (Phi) is 3.38. The first kappa shape index (κ1) is 13.8. The maximum atomic E-state index is 12.3. The number of aromatic amines is 1. The van der Waals surface area contributed by atoms with Crippen molar-refractivity contribution >= 4 is 39.1 Å². The first-order valence-corrected chi connectivity index (χ1v) is 8.73. The smallest absolute Gasteiger partial charge is 0.262 e. The SMILES string of the molecule is Cc1c(Sc2nnc(NC3CC3)s2)c(=O)[nH]c2ccccc12. The van der Waals surface area contributed by atoms with Crippen LogP contribution in [0.5, 0.6) is 0 Å². The summed E-state index contributed by atoms with van der Waals surface area (Å²) in [6.07, 6.45) is 2.40. The van der Waals surface area contributed by atoms with Gasteiger partial charge in [0.25, 0.3) is 5.56 Å². The summed E-state index contributed by atoms with van der Waals surface area (Å²) < 4.78 is 0.784. The number of H-pyrrole nitrogens is 1. The minimum atomic E-state index is -0.0758. The molecule has 0 saturated heterocycles. The van der Waals surface area contributed by atoms with Gasteiger partial charge in [-0.15, -0.1) is 10.2 Å². The Morgan fingerprint density at radius 1 is 1.32 bits per heavy atom. The number of hydrogen-bond donors (Lipinski definition) is 2. The molecule has 2 aromatic heterocycles. The molecule has 7 heteroatoms. The third-order valence-corrected chi connectivity index (χ3v) is 5.73. The van der Waals surface area contributed by atoms with Crippen LogP contribution >= 0.6 is 23.1 Å². The normalized spacial score (nSPS) is 14.4. The first-order chi connectivity index (χ1) is 10.7. The summed E-state index contributed by atoms with van der Waals surface area (Å²) in [7, 11) is 0. The zero-order chi connectivity index (χ0) is 15.1. The van der Waals surface area contributed by atoms with E-state index in [0.29, 0.717) is 10.9 Å². The molecule has 1 saturated carbocycles. The van der Waals surface area contributed by atoms with Crippen LogP contribution in [0.1, 0.15) is 18.4 Å². The highest BCUT2D eigenvalue weighted by Gasteiger charge is 2.22. The van der Waals surface area contributed by atoms with Gasteiger partial charge in [-0.3, -0.25) is 4.79 Å². The van der Waals surface area contributed by atoms with E-state index in [4.69, 9.17) is 0 Å². The number of rotatable bonds is 4. The predicted molar refractivity (Wildman–Crippen MR) is 90.0 cm³/mol. The lowest BCUT2D eigenvalue weighted by molar-refractivity contribution is 0.993. The summed E-state index contributed by atoms with van der Waals surface area (Å²) in [6, 6.07) is 8.39. The summed E-state index contributed by atoms with van der Waals surface area (Å²) in [4.78, 5) is 15.9. The second-order valence-corrected chi connectivity index (χ2v) is 7.58.